The van der Waals surface area contributed by atoms with Crippen LogP contribution in [0.2, 0.25) is 0 Å². The highest BCUT2D eigenvalue weighted by Gasteiger charge is 2.35. The van der Waals surface area contributed by atoms with Crippen molar-refractivity contribution in [2.45, 2.75) is 44.5 Å². The van der Waals surface area contributed by atoms with Crippen molar-refractivity contribution < 1.29 is 26.3 Å². The molecule has 4 N–H and O–H groups in total. The number of benzene rings is 1. The second-order valence-electron chi connectivity index (χ2n) is 7.34. The fourth-order valence-electron chi connectivity index (χ4n) is 3.02. The summed E-state index contributed by atoms with van der Waals surface area (Å²) in [5.74, 6) is 5.74. The molecule has 0 saturated carbocycles. The summed E-state index contributed by atoms with van der Waals surface area (Å²) in [5.41, 5.74) is 0.936. The number of aliphatic imine (C=N–C) groups is 1. The monoisotopic (exact) mass is 449 g/mol. The molecule has 1 aromatic carbocycles. The summed E-state index contributed by atoms with van der Waals surface area (Å²) in [6.07, 6.45) is -2.59. The van der Waals surface area contributed by atoms with E-state index in [1.54, 1.807) is 13.8 Å². The SMILES string of the molecule is C=N/C=C(\NN)C(C)(C)NS(=O)(=O)N1CCC(Oc2ccc(C(F)(F)F)cc2)CC1. The Hall–Kier alpha value is -2.15. The minimum absolute atomic E-state index is 0.200. The van der Waals surface area contributed by atoms with Crippen LogP contribution in [-0.2, 0) is 16.4 Å². The van der Waals surface area contributed by atoms with Gasteiger partial charge in [-0.15, -0.1) is 0 Å². The van der Waals surface area contributed by atoms with E-state index in [4.69, 9.17) is 10.6 Å². The van der Waals surface area contributed by atoms with Gasteiger partial charge in [0.25, 0.3) is 10.2 Å². The van der Waals surface area contributed by atoms with Crippen LogP contribution in [-0.4, -0.2) is 44.2 Å². The highest BCUT2D eigenvalue weighted by molar-refractivity contribution is 7.87. The van der Waals surface area contributed by atoms with E-state index in [1.165, 1.54) is 22.6 Å². The first-order valence-corrected chi connectivity index (χ1v) is 10.6. The summed E-state index contributed by atoms with van der Waals surface area (Å²) in [7, 11) is -3.83. The summed E-state index contributed by atoms with van der Waals surface area (Å²) in [4.78, 5) is 3.60. The van der Waals surface area contributed by atoms with E-state index >= 15 is 0 Å². The second-order valence-corrected chi connectivity index (χ2v) is 9.01. The molecular weight excluding hydrogens is 423 g/mol. The molecule has 30 heavy (non-hydrogen) atoms. The molecule has 0 amide bonds. The van der Waals surface area contributed by atoms with Crippen molar-refractivity contribution in [1.29, 1.82) is 0 Å². The van der Waals surface area contributed by atoms with E-state index in [1.807, 2.05) is 0 Å². The lowest BCUT2D eigenvalue weighted by Gasteiger charge is -2.35. The number of nitrogens with two attached hydrogens (primary N) is 1. The molecule has 1 aliphatic heterocycles. The zero-order chi connectivity index (χ0) is 22.6. The average Bonchev–Trinajstić information content (AvgIpc) is 2.65. The van der Waals surface area contributed by atoms with Gasteiger partial charge in [-0.2, -0.15) is 30.6 Å². The average molecular weight is 449 g/mol. The number of alkyl halides is 3. The normalized spacial score (nSPS) is 17.6. The molecule has 1 fully saturated rings. The number of hydrazine groups is 1. The lowest BCUT2D eigenvalue weighted by molar-refractivity contribution is -0.137. The van der Waals surface area contributed by atoms with Crippen LogP contribution in [0.25, 0.3) is 0 Å². The zero-order valence-corrected chi connectivity index (χ0v) is 17.6. The van der Waals surface area contributed by atoms with Gasteiger partial charge in [-0.25, -0.2) is 0 Å². The predicted molar refractivity (Wildman–Crippen MR) is 108 cm³/mol. The van der Waals surface area contributed by atoms with Crippen molar-refractivity contribution in [3.8, 4) is 5.75 Å². The summed E-state index contributed by atoms with van der Waals surface area (Å²) in [6, 6.07) is 4.43. The summed E-state index contributed by atoms with van der Waals surface area (Å²) in [6.45, 7) is 6.98. The van der Waals surface area contributed by atoms with E-state index in [-0.39, 0.29) is 19.2 Å². The first-order valence-electron chi connectivity index (χ1n) is 9.15. The molecule has 0 aliphatic carbocycles. The third-order valence-electron chi connectivity index (χ3n) is 4.66. The Labute approximate surface area is 174 Å². The van der Waals surface area contributed by atoms with Gasteiger partial charge in [0, 0.05) is 19.3 Å². The Morgan fingerprint density at radius 1 is 1.27 bits per heavy atom. The largest absolute Gasteiger partial charge is 0.490 e. The Morgan fingerprint density at radius 3 is 2.30 bits per heavy atom. The van der Waals surface area contributed by atoms with Gasteiger partial charge in [-0.05, 0) is 57.7 Å². The maximum atomic E-state index is 12.7. The summed E-state index contributed by atoms with van der Waals surface area (Å²) >= 11 is 0. The third kappa shape index (κ3) is 6.17. The Balaban J connectivity index is 1.96. The van der Waals surface area contributed by atoms with Gasteiger partial charge >= 0.3 is 6.18 Å². The summed E-state index contributed by atoms with van der Waals surface area (Å²) < 4.78 is 73.0. The van der Waals surface area contributed by atoms with Crippen LogP contribution < -0.4 is 20.7 Å². The van der Waals surface area contributed by atoms with Gasteiger partial charge < -0.3 is 10.2 Å². The fourth-order valence-corrected chi connectivity index (χ4v) is 4.59. The van der Waals surface area contributed by atoms with Gasteiger partial charge in [0.1, 0.15) is 11.9 Å². The highest BCUT2D eigenvalue weighted by Crippen LogP contribution is 2.31. The molecule has 2 rings (SSSR count). The van der Waals surface area contributed by atoms with Crippen molar-refractivity contribution in [3.63, 3.8) is 0 Å². The lowest BCUT2D eigenvalue weighted by Crippen LogP contribution is -2.55. The van der Waals surface area contributed by atoms with Gasteiger partial charge in [-0.3, -0.25) is 10.8 Å². The van der Waals surface area contributed by atoms with Crippen LogP contribution in [0.5, 0.6) is 5.75 Å². The molecule has 0 radical (unpaired) electrons. The number of piperidine rings is 1. The van der Waals surface area contributed by atoms with Crippen LogP contribution in [0, 0.1) is 0 Å². The van der Waals surface area contributed by atoms with Crippen molar-refractivity contribution >= 4 is 16.9 Å². The molecule has 1 heterocycles. The third-order valence-corrected chi connectivity index (χ3v) is 6.47. The molecule has 12 heteroatoms. The van der Waals surface area contributed by atoms with Gasteiger partial charge in [0.15, 0.2) is 0 Å². The molecule has 1 aromatic rings. The van der Waals surface area contributed by atoms with Crippen LogP contribution in [0.15, 0.2) is 41.2 Å². The van der Waals surface area contributed by atoms with Crippen molar-refractivity contribution in [1.82, 2.24) is 14.5 Å². The van der Waals surface area contributed by atoms with Crippen LogP contribution in [0.3, 0.4) is 0 Å². The summed E-state index contributed by atoms with van der Waals surface area (Å²) in [5, 5.41) is 0. The van der Waals surface area contributed by atoms with E-state index in [9.17, 15) is 21.6 Å². The zero-order valence-electron chi connectivity index (χ0n) is 16.7. The van der Waals surface area contributed by atoms with Crippen LogP contribution >= 0.6 is 0 Å². The minimum atomic E-state index is -4.41. The first kappa shape index (κ1) is 24.1. The quantitative estimate of drug-likeness (QED) is 0.320. The van der Waals surface area contributed by atoms with E-state index in [0.29, 0.717) is 24.3 Å². The molecule has 1 aliphatic rings. The Kier molecular flexibility index (Phi) is 7.50. The van der Waals surface area contributed by atoms with Crippen LogP contribution in [0.1, 0.15) is 32.3 Å². The first-order chi connectivity index (χ1) is 13.9. The Bertz CT molecular complexity index is 862. The maximum absolute atomic E-state index is 12.7. The number of nitrogens with one attached hydrogen (secondary N) is 2. The number of nitrogens with zero attached hydrogens (tertiary/aromatic N) is 2. The van der Waals surface area contributed by atoms with Crippen LogP contribution in [0.4, 0.5) is 13.2 Å². The number of rotatable bonds is 8. The molecular formula is C18H26F3N5O3S. The van der Waals surface area contributed by atoms with Crippen molar-refractivity contribution in [2.24, 2.45) is 10.8 Å². The highest BCUT2D eigenvalue weighted by atomic mass is 32.2. The van der Waals surface area contributed by atoms with E-state index < -0.39 is 27.5 Å². The predicted octanol–water partition coefficient (Wildman–Crippen LogP) is 2.17. The van der Waals surface area contributed by atoms with Gasteiger partial charge in [-0.1, -0.05) is 0 Å². The topological polar surface area (TPSA) is 109 Å². The lowest BCUT2D eigenvalue weighted by atomic mass is 10.0. The van der Waals surface area contributed by atoms with Crippen molar-refractivity contribution in [2.75, 3.05) is 13.1 Å². The molecule has 1 saturated heterocycles. The van der Waals surface area contributed by atoms with Gasteiger partial charge in [0.2, 0.25) is 0 Å². The van der Waals surface area contributed by atoms with Crippen molar-refractivity contribution in [3.05, 3.63) is 41.7 Å². The number of halogens is 3. The van der Waals surface area contributed by atoms with E-state index in [0.717, 1.165) is 12.1 Å². The molecule has 0 spiro atoms. The number of hydrogen-bond donors (Lipinski definition) is 3. The molecule has 0 bridgehead atoms. The smallest absolute Gasteiger partial charge is 0.416 e. The second kappa shape index (κ2) is 9.33. The van der Waals surface area contributed by atoms with Gasteiger partial charge in [0.05, 0.1) is 16.8 Å². The molecule has 168 valence electrons. The number of ether oxygens (including phenoxy) is 1. The molecule has 8 nitrogen and oxygen atoms in total. The Morgan fingerprint density at radius 2 is 1.83 bits per heavy atom. The molecule has 0 aromatic heterocycles. The van der Waals surface area contributed by atoms with E-state index in [2.05, 4.69) is 21.9 Å². The minimum Gasteiger partial charge on any atom is -0.490 e. The molecule has 0 unspecified atom stereocenters. The molecule has 0 atom stereocenters. The fraction of sp³-hybridized carbons (Fsp3) is 0.500. The maximum Gasteiger partial charge on any atom is 0.416 e. The standard InChI is InChI=1S/C18H26F3N5O3S/c1-17(2,16(24-22)12-23-3)25-30(27,28)26-10-8-15(9-11-26)29-14-6-4-13(5-7-14)18(19,20)21/h4-7,12,15,24-25H,3,8-11,22H2,1-2H3/b16-12-. The number of hydrogen-bond acceptors (Lipinski definition) is 6.